The summed E-state index contributed by atoms with van der Waals surface area (Å²) in [6, 6.07) is 2.43. The Morgan fingerprint density at radius 1 is 1.28 bits per heavy atom. The average molecular weight is 246 g/mol. The molecule has 1 aliphatic heterocycles. The molecule has 1 amide bonds. The fourth-order valence-electron chi connectivity index (χ4n) is 3.72. The summed E-state index contributed by atoms with van der Waals surface area (Å²) in [6.07, 6.45) is 9.53. The third kappa shape index (κ3) is 1.96. The number of rotatable bonds is 1. The summed E-state index contributed by atoms with van der Waals surface area (Å²) < 4.78 is 0. The normalized spacial score (nSPS) is 27.9. The van der Waals surface area contributed by atoms with Crippen LogP contribution in [0.25, 0.3) is 0 Å². The molecule has 2 heterocycles. The number of aromatic nitrogens is 1. The van der Waals surface area contributed by atoms with Gasteiger partial charge in [-0.3, -0.25) is 4.79 Å². The fourth-order valence-corrected chi connectivity index (χ4v) is 3.72. The molecule has 0 spiro atoms. The third-order valence-corrected chi connectivity index (χ3v) is 4.69. The first-order valence-corrected chi connectivity index (χ1v) is 7.22. The van der Waals surface area contributed by atoms with Crippen molar-refractivity contribution in [3.05, 3.63) is 23.5 Å². The van der Waals surface area contributed by atoms with Crippen LogP contribution in [0.5, 0.6) is 0 Å². The van der Waals surface area contributed by atoms with E-state index in [1.165, 1.54) is 38.5 Å². The van der Waals surface area contributed by atoms with Crippen molar-refractivity contribution in [3.63, 3.8) is 0 Å². The summed E-state index contributed by atoms with van der Waals surface area (Å²) in [5.41, 5.74) is 1.86. The lowest BCUT2D eigenvalue weighted by Crippen LogP contribution is -2.49. The van der Waals surface area contributed by atoms with Gasteiger partial charge in [0, 0.05) is 24.5 Å². The molecule has 2 atom stereocenters. The van der Waals surface area contributed by atoms with E-state index in [9.17, 15) is 4.79 Å². The number of hydrogen-bond donors (Lipinski definition) is 1. The van der Waals surface area contributed by atoms with Gasteiger partial charge in [0.15, 0.2) is 0 Å². The topological polar surface area (TPSA) is 36.1 Å². The highest BCUT2D eigenvalue weighted by Crippen LogP contribution is 2.36. The lowest BCUT2D eigenvalue weighted by Gasteiger charge is -2.44. The van der Waals surface area contributed by atoms with Gasteiger partial charge in [-0.15, -0.1) is 0 Å². The molecule has 3 heteroatoms. The summed E-state index contributed by atoms with van der Waals surface area (Å²) in [5, 5.41) is 0. The Balaban J connectivity index is 1.82. The second-order valence-corrected chi connectivity index (χ2v) is 5.77. The average Bonchev–Trinajstić information content (AvgIpc) is 2.83. The van der Waals surface area contributed by atoms with Crippen molar-refractivity contribution in [3.8, 4) is 0 Å². The molecule has 3 rings (SSSR count). The molecule has 2 aliphatic rings. The SMILES string of the molecule is Cc1[nH]ccc1C(=O)N1CCCC2CCCCC21. The van der Waals surface area contributed by atoms with Gasteiger partial charge in [0.2, 0.25) is 0 Å². The Kier molecular flexibility index (Phi) is 3.14. The largest absolute Gasteiger partial charge is 0.365 e. The second kappa shape index (κ2) is 4.79. The van der Waals surface area contributed by atoms with Crippen molar-refractivity contribution < 1.29 is 4.79 Å². The van der Waals surface area contributed by atoms with Gasteiger partial charge < -0.3 is 9.88 Å². The number of piperidine rings is 1. The van der Waals surface area contributed by atoms with Crippen LogP contribution in [0.2, 0.25) is 0 Å². The second-order valence-electron chi connectivity index (χ2n) is 5.77. The van der Waals surface area contributed by atoms with Gasteiger partial charge >= 0.3 is 0 Å². The molecule has 0 radical (unpaired) electrons. The maximum atomic E-state index is 12.6. The molecular weight excluding hydrogens is 224 g/mol. The molecule has 1 saturated heterocycles. The van der Waals surface area contributed by atoms with Gasteiger partial charge in [-0.2, -0.15) is 0 Å². The molecule has 1 saturated carbocycles. The van der Waals surface area contributed by atoms with E-state index in [1.54, 1.807) is 0 Å². The van der Waals surface area contributed by atoms with Gasteiger partial charge in [0.1, 0.15) is 0 Å². The van der Waals surface area contributed by atoms with E-state index < -0.39 is 0 Å². The molecule has 0 bridgehead atoms. The Hall–Kier alpha value is -1.25. The minimum absolute atomic E-state index is 0.241. The fraction of sp³-hybridized carbons (Fsp3) is 0.667. The number of likely N-dealkylation sites (tertiary alicyclic amines) is 1. The number of H-pyrrole nitrogens is 1. The number of hydrogen-bond acceptors (Lipinski definition) is 1. The minimum atomic E-state index is 0.241. The number of carbonyl (C=O) groups is 1. The summed E-state index contributed by atoms with van der Waals surface area (Å²) in [5.74, 6) is 1.00. The third-order valence-electron chi connectivity index (χ3n) is 4.69. The minimum Gasteiger partial charge on any atom is -0.365 e. The van der Waals surface area contributed by atoms with Gasteiger partial charge in [0.25, 0.3) is 5.91 Å². The van der Waals surface area contributed by atoms with Crippen LogP contribution in [-0.2, 0) is 0 Å². The van der Waals surface area contributed by atoms with E-state index in [2.05, 4.69) is 9.88 Å². The first kappa shape index (κ1) is 11.8. The van der Waals surface area contributed by atoms with Crippen LogP contribution < -0.4 is 0 Å². The first-order chi connectivity index (χ1) is 8.77. The molecule has 98 valence electrons. The Morgan fingerprint density at radius 3 is 2.83 bits per heavy atom. The molecular formula is C15H22N2O. The lowest BCUT2D eigenvalue weighted by molar-refractivity contribution is 0.0390. The van der Waals surface area contributed by atoms with E-state index >= 15 is 0 Å². The molecule has 2 unspecified atom stereocenters. The molecule has 2 fully saturated rings. The zero-order valence-electron chi connectivity index (χ0n) is 11.1. The van der Waals surface area contributed by atoms with Crippen LogP contribution in [0.1, 0.15) is 54.6 Å². The maximum absolute atomic E-state index is 12.6. The van der Waals surface area contributed by atoms with Crippen molar-refractivity contribution in [1.29, 1.82) is 0 Å². The zero-order chi connectivity index (χ0) is 12.5. The van der Waals surface area contributed by atoms with Crippen molar-refractivity contribution in [1.82, 2.24) is 9.88 Å². The predicted octanol–water partition coefficient (Wildman–Crippen LogP) is 3.12. The summed E-state index contributed by atoms with van der Waals surface area (Å²) >= 11 is 0. The number of amides is 1. The van der Waals surface area contributed by atoms with Crippen LogP contribution in [0.15, 0.2) is 12.3 Å². The maximum Gasteiger partial charge on any atom is 0.255 e. The van der Waals surface area contributed by atoms with E-state index in [-0.39, 0.29) is 5.91 Å². The van der Waals surface area contributed by atoms with Crippen molar-refractivity contribution in [2.45, 2.75) is 51.5 Å². The van der Waals surface area contributed by atoms with E-state index in [0.717, 1.165) is 23.7 Å². The van der Waals surface area contributed by atoms with Gasteiger partial charge in [-0.05, 0) is 44.6 Å². The molecule has 1 N–H and O–H groups in total. The molecule has 1 aliphatic carbocycles. The van der Waals surface area contributed by atoms with Crippen LogP contribution in [0.4, 0.5) is 0 Å². The summed E-state index contributed by atoms with van der Waals surface area (Å²) in [6.45, 7) is 2.93. The number of aryl methyl sites for hydroxylation is 1. The first-order valence-electron chi connectivity index (χ1n) is 7.22. The highest BCUT2D eigenvalue weighted by Gasteiger charge is 2.36. The standard InChI is InChI=1S/C15H22N2O/c1-11-13(8-9-16-11)15(18)17-10-4-6-12-5-2-3-7-14(12)17/h8-9,12,14,16H,2-7,10H2,1H3. The Morgan fingerprint density at radius 2 is 2.06 bits per heavy atom. The quantitative estimate of drug-likeness (QED) is 0.812. The molecule has 3 nitrogen and oxygen atoms in total. The van der Waals surface area contributed by atoms with E-state index in [0.29, 0.717) is 6.04 Å². The van der Waals surface area contributed by atoms with Gasteiger partial charge in [0.05, 0.1) is 5.56 Å². The van der Waals surface area contributed by atoms with Crippen LogP contribution in [-0.4, -0.2) is 28.4 Å². The number of nitrogens with zero attached hydrogens (tertiary/aromatic N) is 1. The zero-order valence-corrected chi connectivity index (χ0v) is 11.1. The molecule has 0 aromatic carbocycles. The predicted molar refractivity (Wildman–Crippen MR) is 71.5 cm³/mol. The summed E-state index contributed by atoms with van der Waals surface area (Å²) in [4.78, 5) is 17.9. The molecule has 1 aromatic rings. The van der Waals surface area contributed by atoms with Crippen molar-refractivity contribution >= 4 is 5.91 Å². The summed E-state index contributed by atoms with van der Waals surface area (Å²) in [7, 11) is 0. The monoisotopic (exact) mass is 246 g/mol. The van der Waals surface area contributed by atoms with Crippen molar-refractivity contribution in [2.24, 2.45) is 5.92 Å². The number of carbonyl (C=O) groups excluding carboxylic acids is 1. The highest BCUT2D eigenvalue weighted by molar-refractivity contribution is 5.95. The van der Waals surface area contributed by atoms with Gasteiger partial charge in [-0.25, -0.2) is 0 Å². The lowest BCUT2D eigenvalue weighted by atomic mass is 9.78. The molecule has 18 heavy (non-hydrogen) atoms. The number of aromatic amines is 1. The van der Waals surface area contributed by atoms with E-state index in [1.807, 2.05) is 19.2 Å². The van der Waals surface area contributed by atoms with E-state index in [4.69, 9.17) is 0 Å². The number of nitrogens with one attached hydrogen (secondary N) is 1. The Bertz CT molecular complexity index is 435. The molecule has 1 aromatic heterocycles. The smallest absolute Gasteiger partial charge is 0.255 e. The Labute approximate surface area is 109 Å². The van der Waals surface area contributed by atoms with Crippen LogP contribution in [0.3, 0.4) is 0 Å². The number of fused-ring (bicyclic) bond motifs is 1. The van der Waals surface area contributed by atoms with Crippen LogP contribution >= 0.6 is 0 Å². The van der Waals surface area contributed by atoms with Gasteiger partial charge in [-0.1, -0.05) is 12.8 Å². The highest BCUT2D eigenvalue weighted by atomic mass is 16.2. The van der Waals surface area contributed by atoms with Crippen LogP contribution in [0, 0.1) is 12.8 Å². The van der Waals surface area contributed by atoms with Crippen molar-refractivity contribution in [2.75, 3.05) is 6.54 Å².